The first kappa shape index (κ1) is 22.0. The minimum absolute atomic E-state index is 0.0708. The first-order valence-electron chi connectivity index (χ1n) is 10.0. The zero-order chi connectivity index (χ0) is 21.9. The molecule has 0 spiro atoms. The van der Waals surface area contributed by atoms with Gasteiger partial charge in [0.25, 0.3) is 11.5 Å². The molecule has 3 rings (SSSR count). The lowest BCUT2D eigenvalue weighted by molar-refractivity contribution is 0.102. The molecule has 0 saturated carbocycles. The zero-order valence-electron chi connectivity index (χ0n) is 17.5. The smallest absolute Gasteiger partial charge is 0.276 e. The standard InChI is InChI=1S/C20H27N5O4S/c1-4-25(5-2)30(28,29)15-8-10-18(24-12-6-7-13-24)17(14-15)21-20(27)16-9-11-19(26)23(3)22-16/h8-11,14H,4-7,12-13H2,1-3H3,(H,21,27). The fourth-order valence-electron chi connectivity index (χ4n) is 3.53. The van der Waals surface area contributed by atoms with Gasteiger partial charge in [-0.15, -0.1) is 0 Å². The highest BCUT2D eigenvalue weighted by molar-refractivity contribution is 7.89. The van der Waals surface area contributed by atoms with Crippen LogP contribution in [0.25, 0.3) is 0 Å². The van der Waals surface area contributed by atoms with E-state index < -0.39 is 15.9 Å². The molecule has 2 heterocycles. The molecule has 1 fully saturated rings. The van der Waals surface area contributed by atoms with Crippen molar-refractivity contribution in [3.63, 3.8) is 0 Å². The lowest BCUT2D eigenvalue weighted by Crippen LogP contribution is -2.31. The Kier molecular flexibility index (Phi) is 6.57. The molecular formula is C20H27N5O4S. The second kappa shape index (κ2) is 8.97. The number of anilines is 2. The molecule has 1 aromatic heterocycles. The van der Waals surface area contributed by atoms with Gasteiger partial charge < -0.3 is 10.2 Å². The van der Waals surface area contributed by atoms with E-state index in [-0.39, 0.29) is 16.1 Å². The van der Waals surface area contributed by atoms with E-state index in [1.54, 1.807) is 26.0 Å². The number of amides is 1. The van der Waals surface area contributed by atoms with Gasteiger partial charge >= 0.3 is 0 Å². The van der Waals surface area contributed by atoms with Gasteiger partial charge in [-0.2, -0.15) is 9.40 Å². The highest BCUT2D eigenvalue weighted by atomic mass is 32.2. The number of carbonyl (C=O) groups is 1. The van der Waals surface area contributed by atoms with E-state index in [9.17, 15) is 18.0 Å². The van der Waals surface area contributed by atoms with Crippen molar-refractivity contribution in [3.05, 3.63) is 46.4 Å². The molecule has 0 aliphatic carbocycles. The zero-order valence-corrected chi connectivity index (χ0v) is 18.3. The van der Waals surface area contributed by atoms with Crippen molar-refractivity contribution in [1.29, 1.82) is 0 Å². The summed E-state index contributed by atoms with van der Waals surface area (Å²) in [6, 6.07) is 7.45. The number of aryl methyl sites for hydroxylation is 1. The lowest BCUT2D eigenvalue weighted by Gasteiger charge is -2.24. The summed E-state index contributed by atoms with van der Waals surface area (Å²) in [6.07, 6.45) is 2.07. The first-order chi connectivity index (χ1) is 14.3. The van der Waals surface area contributed by atoms with Crippen LogP contribution >= 0.6 is 0 Å². The Hall–Kier alpha value is -2.72. The van der Waals surface area contributed by atoms with Gasteiger partial charge in [0.2, 0.25) is 10.0 Å². The molecule has 1 aliphatic rings. The molecule has 162 valence electrons. The fourth-order valence-corrected chi connectivity index (χ4v) is 5.02. The van der Waals surface area contributed by atoms with Gasteiger partial charge in [0, 0.05) is 39.3 Å². The largest absolute Gasteiger partial charge is 0.370 e. The van der Waals surface area contributed by atoms with Gasteiger partial charge in [-0.3, -0.25) is 9.59 Å². The first-order valence-corrected chi connectivity index (χ1v) is 11.5. The fraction of sp³-hybridized carbons (Fsp3) is 0.450. The number of hydrogen-bond acceptors (Lipinski definition) is 6. The van der Waals surface area contributed by atoms with Crippen LogP contribution in [-0.2, 0) is 17.1 Å². The number of aromatic nitrogens is 2. The molecule has 9 nitrogen and oxygen atoms in total. The molecule has 1 N–H and O–H groups in total. The van der Waals surface area contributed by atoms with Crippen molar-refractivity contribution in [3.8, 4) is 0 Å². The van der Waals surface area contributed by atoms with E-state index in [1.807, 2.05) is 0 Å². The van der Waals surface area contributed by atoms with Crippen LogP contribution in [0.15, 0.2) is 40.0 Å². The SMILES string of the molecule is CCN(CC)S(=O)(=O)c1ccc(N2CCCC2)c(NC(=O)c2ccc(=O)n(C)n2)c1. The van der Waals surface area contributed by atoms with Gasteiger partial charge in [0.15, 0.2) is 0 Å². The Bertz CT molecular complexity index is 1090. The van der Waals surface area contributed by atoms with Crippen molar-refractivity contribution in [2.24, 2.45) is 7.05 Å². The van der Waals surface area contributed by atoms with E-state index in [4.69, 9.17) is 0 Å². The minimum atomic E-state index is -3.67. The molecule has 10 heteroatoms. The average molecular weight is 434 g/mol. The highest BCUT2D eigenvalue weighted by Crippen LogP contribution is 2.32. The predicted molar refractivity (Wildman–Crippen MR) is 115 cm³/mol. The molecular weight excluding hydrogens is 406 g/mol. The van der Waals surface area contributed by atoms with Crippen LogP contribution in [0.5, 0.6) is 0 Å². The Labute approximate surface area is 176 Å². The molecule has 1 saturated heterocycles. The monoisotopic (exact) mass is 433 g/mol. The summed E-state index contributed by atoms with van der Waals surface area (Å²) >= 11 is 0. The van der Waals surface area contributed by atoms with Crippen LogP contribution in [0.3, 0.4) is 0 Å². The number of nitrogens with one attached hydrogen (secondary N) is 1. The van der Waals surface area contributed by atoms with Gasteiger partial charge in [-0.1, -0.05) is 13.8 Å². The summed E-state index contributed by atoms with van der Waals surface area (Å²) in [5.74, 6) is -0.511. The van der Waals surface area contributed by atoms with Crippen LogP contribution in [0.2, 0.25) is 0 Å². The highest BCUT2D eigenvalue weighted by Gasteiger charge is 2.25. The van der Waals surface area contributed by atoms with E-state index in [2.05, 4.69) is 15.3 Å². The molecule has 0 radical (unpaired) electrons. The molecule has 1 aromatic carbocycles. The van der Waals surface area contributed by atoms with Crippen molar-refractivity contribution in [2.45, 2.75) is 31.6 Å². The summed E-state index contributed by atoms with van der Waals surface area (Å²) in [5, 5.41) is 6.77. The molecule has 0 bridgehead atoms. The third-order valence-electron chi connectivity index (χ3n) is 5.20. The van der Waals surface area contributed by atoms with Crippen LogP contribution in [0.4, 0.5) is 11.4 Å². The minimum Gasteiger partial charge on any atom is -0.370 e. The van der Waals surface area contributed by atoms with Gasteiger partial charge in [0.1, 0.15) is 5.69 Å². The third kappa shape index (κ3) is 4.39. The number of rotatable bonds is 7. The Morgan fingerprint density at radius 3 is 2.40 bits per heavy atom. The third-order valence-corrected chi connectivity index (χ3v) is 7.25. The van der Waals surface area contributed by atoms with Gasteiger partial charge in [-0.25, -0.2) is 13.1 Å². The van der Waals surface area contributed by atoms with E-state index in [0.29, 0.717) is 18.8 Å². The molecule has 0 unspecified atom stereocenters. The second-order valence-electron chi connectivity index (χ2n) is 7.10. The lowest BCUT2D eigenvalue weighted by atomic mass is 10.2. The maximum absolute atomic E-state index is 13.0. The van der Waals surface area contributed by atoms with Crippen molar-refractivity contribution >= 4 is 27.3 Å². The summed E-state index contributed by atoms with van der Waals surface area (Å²) in [6.45, 7) is 5.96. The Morgan fingerprint density at radius 2 is 1.80 bits per heavy atom. The summed E-state index contributed by atoms with van der Waals surface area (Å²) < 4.78 is 28.4. The molecule has 2 aromatic rings. The average Bonchev–Trinajstić information content (AvgIpc) is 3.25. The molecule has 0 atom stereocenters. The summed E-state index contributed by atoms with van der Waals surface area (Å²) in [5.41, 5.74) is 0.924. The topological polar surface area (TPSA) is 105 Å². The Balaban J connectivity index is 2.01. The number of benzene rings is 1. The quantitative estimate of drug-likeness (QED) is 0.712. The maximum Gasteiger partial charge on any atom is 0.276 e. The Morgan fingerprint density at radius 1 is 1.13 bits per heavy atom. The molecule has 1 amide bonds. The van der Waals surface area contributed by atoms with Crippen molar-refractivity contribution in [2.75, 3.05) is 36.4 Å². The van der Waals surface area contributed by atoms with E-state index in [0.717, 1.165) is 36.3 Å². The molecule has 1 aliphatic heterocycles. The number of carbonyl (C=O) groups excluding carboxylic acids is 1. The second-order valence-corrected chi connectivity index (χ2v) is 9.03. The van der Waals surface area contributed by atoms with Crippen LogP contribution in [0.1, 0.15) is 37.2 Å². The van der Waals surface area contributed by atoms with Crippen LogP contribution in [-0.4, -0.2) is 54.6 Å². The maximum atomic E-state index is 13.0. The summed E-state index contributed by atoms with van der Waals surface area (Å²) in [4.78, 5) is 26.6. The number of hydrogen-bond donors (Lipinski definition) is 1. The number of sulfonamides is 1. The van der Waals surface area contributed by atoms with Crippen LogP contribution in [0, 0.1) is 0 Å². The number of nitrogens with zero attached hydrogens (tertiary/aromatic N) is 4. The normalized spacial score (nSPS) is 14.3. The van der Waals surface area contributed by atoms with Crippen LogP contribution < -0.4 is 15.8 Å². The van der Waals surface area contributed by atoms with Gasteiger partial charge in [-0.05, 0) is 37.1 Å². The predicted octanol–water partition coefficient (Wildman–Crippen LogP) is 1.66. The molecule has 30 heavy (non-hydrogen) atoms. The van der Waals surface area contributed by atoms with E-state index >= 15 is 0 Å². The summed E-state index contributed by atoms with van der Waals surface area (Å²) in [7, 11) is -2.21. The van der Waals surface area contributed by atoms with E-state index in [1.165, 1.54) is 29.6 Å². The van der Waals surface area contributed by atoms with Crippen molar-refractivity contribution in [1.82, 2.24) is 14.1 Å². The van der Waals surface area contributed by atoms with Gasteiger partial charge in [0.05, 0.1) is 16.3 Å². The van der Waals surface area contributed by atoms with Crippen molar-refractivity contribution < 1.29 is 13.2 Å².